The molecule has 21 heavy (non-hydrogen) atoms. The molecule has 0 saturated carbocycles. The van der Waals surface area contributed by atoms with E-state index in [0.29, 0.717) is 17.9 Å². The summed E-state index contributed by atoms with van der Waals surface area (Å²) in [5.41, 5.74) is 1.45. The zero-order chi connectivity index (χ0) is 15.2. The molecule has 0 aromatic heterocycles. The highest BCUT2D eigenvalue weighted by Gasteiger charge is 2.08. The number of carbonyl (C=O) groups is 1. The number of Topliss-reactive ketones (excluding diaryl/α,β-unsaturated/α-hetero) is 1. The number of ether oxygens (including phenoxy) is 2. The molecular weight excluding hydrogens is 271 g/mol. The highest BCUT2D eigenvalue weighted by atomic mass is 19.1. The van der Waals surface area contributed by atoms with Crippen LogP contribution in [0, 0.1) is 5.82 Å². The largest absolute Gasteiger partial charge is 0.454 e. The zero-order valence-corrected chi connectivity index (χ0v) is 12.1. The van der Waals surface area contributed by atoms with E-state index in [1.54, 1.807) is 25.3 Å². The van der Waals surface area contributed by atoms with Gasteiger partial charge in [-0.3, -0.25) is 4.79 Å². The summed E-state index contributed by atoms with van der Waals surface area (Å²) in [6.45, 7) is 2.05. The number of carbonyl (C=O) groups excluding carboxylic acids is 1. The Hall–Kier alpha value is -2.20. The number of hydrogen-bond donors (Lipinski definition) is 0. The molecule has 3 nitrogen and oxygen atoms in total. The van der Waals surface area contributed by atoms with Gasteiger partial charge < -0.3 is 9.47 Å². The zero-order valence-electron chi connectivity index (χ0n) is 12.1. The first-order valence-corrected chi connectivity index (χ1v) is 6.66. The van der Waals surface area contributed by atoms with Crippen LogP contribution in [-0.2, 0) is 11.2 Å². The number of rotatable bonds is 6. The third-order valence-electron chi connectivity index (χ3n) is 3.08. The molecule has 0 heterocycles. The second kappa shape index (κ2) is 6.99. The van der Waals surface area contributed by atoms with E-state index in [1.165, 1.54) is 19.1 Å². The normalized spacial score (nSPS) is 10.4. The van der Waals surface area contributed by atoms with Crippen molar-refractivity contribution < 1.29 is 18.7 Å². The Morgan fingerprint density at radius 3 is 2.43 bits per heavy atom. The Labute approximate surface area is 123 Å². The molecule has 0 spiro atoms. The van der Waals surface area contributed by atoms with Crippen LogP contribution in [0.25, 0.3) is 0 Å². The molecule has 2 rings (SSSR count). The van der Waals surface area contributed by atoms with Gasteiger partial charge in [-0.15, -0.1) is 0 Å². The van der Waals surface area contributed by atoms with Gasteiger partial charge in [-0.2, -0.15) is 0 Å². The second-order valence-corrected chi connectivity index (χ2v) is 4.69. The minimum atomic E-state index is -0.550. The predicted octanol–water partition coefficient (Wildman–Crippen LogP) is 4.01. The quantitative estimate of drug-likeness (QED) is 0.753. The monoisotopic (exact) mass is 288 g/mol. The molecule has 0 bridgehead atoms. The average Bonchev–Trinajstić information content (AvgIpc) is 2.48. The van der Waals surface area contributed by atoms with Gasteiger partial charge in [-0.05, 0) is 49.2 Å². The molecule has 0 fully saturated rings. The van der Waals surface area contributed by atoms with Crippen molar-refractivity contribution in [1.82, 2.24) is 0 Å². The third kappa shape index (κ3) is 4.13. The maximum absolute atomic E-state index is 13.8. The molecule has 2 aromatic rings. The van der Waals surface area contributed by atoms with Crippen molar-refractivity contribution in [2.75, 3.05) is 13.7 Å². The first-order valence-electron chi connectivity index (χ1n) is 6.66. The lowest BCUT2D eigenvalue weighted by molar-refractivity contribution is 0.101. The van der Waals surface area contributed by atoms with Crippen LogP contribution in [0.5, 0.6) is 11.5 Å². The lowest BCUT2D eigenvalue weighted by Crippen LogP contribution is -1.96. The topological polar surface area (TPSA) is 35.5 Å². The fourth-order valence-electron chi connectivity index (χ4n) is 1.87. The molecule has 0 radical (unpaired) electrons. The molecule has 0 aliphatic rings. The van der Waals surface area contributed by atoms with E-state index in [1.807, 2.05) is 12.1 Å². The van der Waals surface area contributed by atoms with Gasteiger partial charge >= 0.3 is 0 Å². The molecule has 0 amide bonds. The summed E-state index contributed by atoms with van der Waals surface area (Å²) in [5, 5.41) is 0. The standard InChI is InChI=1S/C17H17FO3/c1-12(19)14-5-8-17(16(18)11-14)21-15-6-3-13(4-7-15)9-10-20-2/h3-8,11H,9-10H2,1-2H3. The number of hydrogen-bond acceptors (Lipinski definition) is 3. The Kier molecular flexibility index (Phi) is 5.06. The van der Waals surface area contributed by atoms with Gasteiger partial charge in [-0.25, -0.2) is 4.39 Å². The summed E-state index contributed by atoms with van der Waals surface area (Å²) in [6.07, 6.45) is 0.818. The minimum Gasteiger partial charge on any atom is -0.454 e. The molecule has 0 atom stereocenters. The van der Waals surface area contributed by atoms with Gasteiger partial charge in [0.1, 0.15) is 5.75 Å². The van der Waals surface area contributed by atoms with E-state index in [-0.39, 0.29) is 11.5 Å². The molecule has 0 N–H and O–H groups in total. The van der Waals surface area contributed by atoms with Gasteiger partial charge in [0.05, 0.1) is 6.61 Å². The maximum Gasteiger partial charge on any atom is 0.166 e. The summed E-state index contributed by atoms with van der Waals surface area (Å²) >= 11 is 0. The van der Waals surface area contributed by atoms with Crippen molar-refractivity contribution in [3.05, 3.63) is 59.4 Å². The Morgan fingerprint density at radius 1 is 1.14 bits per heavy atom. The first-order chi connectivity index (χ1) is 10.1. The SMILES string of the molecule is COCCc1ccc(Oc2ccc(C(C)=O)cc2F)cc1. The third-order valence-corrected chi connectivity index (χ3v) is 3.08. The molecule has 0 aliphatic heterocycles. The average molecular weight is 288 g/mol. The highest BCUT2D eigenvalue weighted by molar-refractivity contribution is 5.94. The van der Waals surface area contributed by atoms with E-state index < -0.39 is 5.82 Å². The molecule has 0 aliphatic carbocycles. The number of ketones is 1. The summed E-state index contributed by atoms with van der Waals surface area (Å²) in [4.78, 5) is 11.2. The fourth-order valence-corrected chi connectivity index (χ4v) is 1.87. The van der Waals surface area contributed by atoms with E-state index in [0.717, 1.165) is 12.0 Å². The van der Waals surface area contributed by atoms with Gasteiger partial charge in [-0.1, -0.05) is 12.1 Å². The lowest BCUT2D eigenvalue weighted by Gasteiger charge is -2.08. The first kappa shape index (κ1) is 15.2. The molecule has 4 heteroatoms. The molecule has 0 unspecified atom stereocenters. The summed E-state index contributed by atoms with van der Waals surface area (Å²) in [6, 6.07) is 11.6. The smallest absolute Gasteiger partial charge is 0.166 e. The van der Waals surface area contributed by atoms with Gasteiger partial charge in [0.2, 0.25) is 0 Å². The minimum absolute atomic E-state index is 0.102. The van der Waals surface area contributed by atoms with Crippen LogP contribution in [0.4, 0.5) is 4.39 Å². The van der Waals surface area contributed by atoms with Gasteiger partial charge in [0, 0.05) is 12.7 Å². The van der Waals surface area contributed by atoms with Crippen molar-refractivity contribution in [1.29, 1.82) is 0 Å². The van der Waals surface area contributed by atoms with Crippen LogP contribution >= 0.6 is 0 Å². The summed E-state index contributed by atoms with van der Waals surface area (Å²) in [7, 11) is 1.66. The van der Waals surface area contributed by atoms with E-state index in [2.05, 4.69) is 0 Å². The van der Waals surface area contributed by atoms with Crippen molar-refractivity contribution in [3.8, 4) is 11.5 Å². The van der Waals surface area contributed by atoms with Crippen molar-refractivity contribution >= 4 is 5.78 Å². The van der Waals surface area contributed by atoms with Crippen molar-refractivity contribution in [2.45, 2.75) is 13.3 Å². The summed E-state index contributed by atoms with van der Waals surface area (Å²) in [5.74, 6) is -0.0793. The Balaban J connectivity index is 2.09. The molecular formula is C17H17FO3. The number of methoxy groups -OCH3 is 1. The number of benzene rings is 2. The number of halogens is 1. The second-order valence-electron chi connectivity index (χ2n) is 4.69. The van der Waals surface area contributed by atoms with Gasteiger partial charge in [0.15, 0.2) is 17.3 Å². The van der Waals surface area contributed by atoms with Crippen LogP contribution in [0.15, 0.2) is 42.5 Å². The summed E-state index contributed by atoms with van der Waals surface area (Å²) < 4.78 is 24.3. The van der Waals surface area contributed by atoms with Crippen LogP contribution in [-0.4, -0.2) is 19.5 Å². The van der Waals surface area contributed by atoms with Crippen LogP contribution in [0.1, 0.15) is 22.8 Å². The molecule has 0 saturated heterocycles. The van der Waals surface area contributed by atoms with E-state index in [4.69, 9.17) is 9.47 Å². The Morgan fingerprint density at radius 2 is 1.86 bits per heavy atom. The van der Waals surface area contributed by atoms with E-state index in [9.17, 15) is 9.18 Å². The maximum atomic E-state index is 13.8. The Bertz CT molecular complexity index is 620. The van der Waals surface area contributed by atoms with Crippen molar-refractivity contribution in [2.24, 2.45) is 0 Å². The van der Waals surface area contributed by atoms with Crippen LogP contribution in [0.2, 0.25) is 0 Å². The van der Waals surface area contributed by atoms with Crippen molar-refractivity contribution in [3.63, 3.8) is 0 Å². The lowest BCUT2D eigenvalue weighted by atomic mass is 10.1. The predicted molar refractivity (Wildman–Crippen MR) is 78.5 cm³/mol. The fraction of sp³-hybridized carbons (Fsp3) is 0.235. The molecule has 110 valence electrons. The van der Waals surface area contributed by atoms with E-state index >= 15 is 0 Å². The highest BCUT2D eigenvalue weighted by Crippen LogP contribution is 2.25. The van der Waals surface area contributed by atoms with Crippen LogP contribution < -0.4 is 4.74 Å². The van der Waals surface area contributed by atoms with Crippen LogP contribution in [0.3, 0.4) is 0 Å². The van der Waals surface area contributed by atoms with Gasteiger partial charge in [0.25, 0.3) is 0 Å². The molecule has 2 aromatic carbocycles.